The molecule has 1 fully saturated rings. The Morgan fingerprint density at radius 2 is 2.21 bits per heavy atom. The van der Waals surface area contributed by atoms with Crippen LogP contribution in [0, 0.1) is 5.92 Å². The summed E-state index contributed by atoms with van der Waals surface area (Å²) in [7, 11) is 1.71. The van der Waals surface area contributed by atoms with Crippen LogP contribution >= 0.6 is 0 Å². The molecule has 0 bridgehead atoms. The molecule has 1 heterocycles. The van der Waals surface area contributed by atoms with E-state index in [1.807, 2.05) is 0 Å². The van der Waals surface area contributed by atoms with Crippen molar-refractivity contribution in [2.45, 2.75) is 25.7 Å². The highest BCUT2D eigenvalue weighted by atomic mass is 16.5. The summed E-state index contributed by atoms with van der Waals surface area (Å²) in [5.41, 5.74) is 0. The molecular weight excluding hydrogens is 178 g/mol. The van der Waals surface area contributed by atoms with Gasteiger partial charge in [0.1, 0.15) is 0 Å². The van der Waals surface area contributed by atoms with E-state index in [2.05, 4.69) is 5.32 Å². The first-order valence-electron chi connectivity index (χ1n) is 5.71. The Bertz CT molecular complexity index is 124. The van der Waals surface area contributed by atoms with Crippen LogP contribution in [0.15, 0.2) is 0 Å². The minimum atomic E-state index is 0.713. The maximum atomic E-state index is 5.42. The second-order valence-electron chi connectivity index (χ2n) is 3.96. The number of hydrogen-bond donors (Lipinski definition) is 1. The topological polar surface area (TPSA) is 30.5 Å². The average Bonchev–Trinajstić information content (AvgIpc) is 2.25. The number of nitrogens with one attached hydrogen (secondary N) is 1. The van der Waals surface area contributed by atoms with Crippen molar-refractivity contribution >= 4 is 0 Å². The van der Waals surface area contributed by atoms with Gasteiger partial charge in [-0.2, -0.15) is 0 Å². The van der Waals surface area contributed by atoms with Gasteiger partial charge in [-0.1, -0.05) is 0 Å². The largest absolute Gasteiger partial charge is 0.382 e. The van der Waals surface area contributed by atoms with Gasteiger partial charge in [0.25, 0.3) is 0 Å². The van der Waals surface area contributed by atoms with Gasteiger partial charge < -0.3 is 14.8 Å². The van der Waals surface area contributed by atoms with Crippen molar-refractivity contribution in [1.29, 1.82) is 0 Å². The lowest BCUT2D eigenvalue weighted by Crippen LogP contribution is -2.29. The van der Waals surface area contributed by atoms with E-state index in [0.29, 0.717) is 6.61 Å². The molecule has 14 heavy (non-hydrogen) atoms. The smallest absolute Gasteiger partial charge is 0.0700 e. The summed E-state index contributed by atoms with van der Waals surface area (Å²) in [5, 5.41) is 3.44. The van der Waals surface area contributed by atoms with Crippen LogP contribution in [0.25, 0.3) is 0 Å². The lowest BCUT2D eigenvalue weighted by Gasteiger charge is -2.22. The fourth-order valence-electron chi connectivity index (χ4n) is 1.89. The van der Waals surface area contributed by atoms with E-state index in [1.165, 1.54) is 38.8 Å². The summed E-state index contributed by atoms with van der Waals surface area (Å²) in [6.45, 7) is 4.75. The van der Waals surface area contributed by atoms with Crippen LogP contribution in [0.3, 0.4) is 0 Å². The molecule has 1 saturated heterocycles. The zero-order valence-electron chi connectivity index (χ0n) is 9.26. The highest BCUT2D eigenvalue weighted by molar-refractivity contribution is 4.68. The molecule has 0 aliphatic carbocycles. The van der Waals surface area contributed by atoms with Gasteiger partial charge >= 0.3 is 0 Å². The van der Waals surface area contributed by atoms with Gasteiger partial charge in [-0.15, -0.1) is 0 Å². The van der Waals surface area contributed by atoms with E-state index in [1.54, 1.807) is 7.11 Å². The minimum absolute atomic E-state index is 0.713. The number of methoxy groups -OCH3 is 1. The van der Waals surface area contributed by atoms with Crippen LogP contribution in [-0.2, 0) is 9.47 Å². The quantitative estimate of drug-likeness (QED) is 0.632. The summed E-state index contributed by atoms with van der Waals surface area (Å²) in [4.78, 5) is 0. The van der Waals surface area contributed by atoms with Crippen LogP contribution in [0.5, 0.6) is 0 Å². The molecule has 1 N–H and O–H groups in total. The molecule has 0 amide bonds. The maximum Gasteiger partial charge on any atom is 0.0700 e. The monoisotopic (exact) mass is 201 g/mol. The molecule has 0 aromatic rings. The number of hydrogen-bond acceptors (Lipinski definition) is 3. The standard InChI is InChI=1S/C11H23NO2/c1-13-8-9-14-7-3-5-11-4-2-6-12-10-11/h11-12H,2-10H2,1H3. The molecule has 3 nitrogen and oxygen atoms in total. The Kier molecular flexibility index (Phi) is 7.01. The number of rotatable bonds is 7. The lowest BCUT2D eigenvalue weighted by atomic mass is 9.95. The van der Waals surface area contributed by atoms with Gasteiger partial charge in [0.15, 0.2) is 0 Å². The van der Waals surface area contributed by atoms with Crippen molar-refractivity contribution in [2.24, 2.45) is 5.92 Å². The molecule has 84 valence electrons. The third kappa shape index (κ3) is 5.58. The molecule has 1 aliphatic heterocycles. The molecule has 1 atom stereocenters. The third-order valence-electron chi connectivity index (χ3n) is 2.73. The van der Waals surface area contributed by atoms with Crippen molar-refractivity contribution in [3.8, 4) is 0 Å². The molecule has 0 aromatic heterocycles. The van der Waals surface area contributed by atoms with E-state index in [0.717, 1.165) is 19.1 Å². The van der Waals surface area contributed by atoms with Crippen molar-refractivity contribution in [3.05, 3.63) is 0 Å². The second-order valence-corrected chi connectivity index (χ2v) is 3.96. The van der Waals surface area contributed by atoms with Crippen molar-refractivity contribution in [1.82, 2.24) is 5.32 Å². The SMILES string of the molecule is COCCOCCCC1CCCNC1. The Balaban J connectivity index is 1.82. The Morgan fingerprint density at radius 3 is 2.93 bits per heavy atom. The first-order chi connectivity index (χ1) is 6.93. The second kappa shape index (κ2) is 8.21. The summed E-state index contributed by atoms with van der Waals surface area (Å²) < 4.78 is 10.3. The Hall–Kier alpha value is -0.120. The van der Waals surface area contributed by atoms with Crippen molar-refractivity contribution < 1.29 is 9.47 Å². The van der Waals surface area contributed by atoms with Crippen LogP contribution in [0.1, 0.15) is 25.7 Å². The molecule has 1 rings (SSSR count). The Labute approximate surface area is 87.2 Å². The molecule has 0 spiro atoms. The fraction of sp³-hybridized carbons (Fsp3) is 1.00. The molecule has 1 aliphatic rings. The fourth-order valence-corrected chi connectivity index (χ4v) is 1.89. The van der Waals surface area contributed by atoms with Gasteiger partial charge in [0.2, 0.25) is 0 Å². The zero-order valence-corrected chi connectivity index (χ0v) is 9.26. The summed E-state index contributed by atoms with van der Waals surface area (Å²) in [6.07, 6.45) is 5.23. The van der Waals surface area contributed by atoms with Gasteiger partial charge in [-0.05, 0) is 44.7 Å². The molecule has 0 radical (unpaired) electrons. The predicted molar refractivity (Wildman–Crippen MR) is 57.5 cm³/mol. The average molecular weight is 201 g/mol. The lowest BCUT2D eigenvalue weighted by molar-refractivity contribution is 0.0667. The van der Waals surface area contributed by atoms with Crippen LogP contribution in [0.2, 0.25) is 0 Å². The third-order valence-corrected chi connectivity index (χ3v) is 2.73. The highest BCUT2D eigenvalue weighted by Gasteiger charge is 2.11. The molecule has 0 saturated carbocycles. The summed E-state index contributed by atoms with van der Waals surface area (Å²) in [5.74, 6) is 0.884. The van der Waals surface area contributed by atoms with E-state index in [-0.39, 0.29) is 0 Å². The van der Waals surface area contributed by atoms with Gasteiger partial charge in [0.05, 0.1) is 13.2 Å². The van der Waals surface area contributed by atoms with E-state index in [9.17, 15) is 0 Å². The highest BCUT2D eigenvalue weighted by Crippen LogP contribution is 2.15. The predicted octanol–water partition coefficient (Wildman–Crippen LogP) is 1.43. The first-order valence-corrected chi connectivity index (χ1v) is 5.71. The maximum absolute atomic E-state index is 5.42. The van der Waals surface area contributed by atoms with Crippen LogP contribution in [0.4, 0.5) is 0 Å². The number of ether oxygens (including phenoxy) is 2. The van der Waals surface area contributed by atoms with Crippen LogP contribution < -0.4 is 5.32 Å². The Morgan fingerprint density at radius 1 is 1.29 bits per heavy atom. The van der Waals surface area contributed by atoms with Gasteiger partial charge in [-0.3, -0.25) is 0 Å². The summed E-state index contributed by atoms with van der Waals surface area (Å²) >= 11 is 0. The summed E-state index contributed by atoms with van der Waals surface area (Å²) in [6, 6.07) is 0. The van der Waals surface area contributed by atoms with Gasteiger partial charge in [-0.25, -0.2) is 0 Å². The molecule has 1 unspecified atom stereocenters. The van der Waals surface area contributed by atoms with Crippen LogP contribution in [-0.4, -0.2) is 40.0 Å². The normalized spacial score (nSPS) is 22.5. The van der Waals surface area contributed by atoms with Crippen molar-refractivity contribution in [2.75, 3.05) is 40.0 Å². The zero-order chi connectivity index (χ0) is 10.1. The van der Waals surface area contributed by atoms with Gasteiger partial charge in [0, 0.05) is 13.7 Å². The molecule has 3 heteroatoms. The minimum Gasteiger partial charge on any atom is -0.382 e. The first kappa shape index (κ1) is 12.0. The van der Waals surface area contributed by atoms with E-state index < -0.39 is 0 Å². The number of piperidine rings is 1. The van der Waals surface area contributed by atoms with E-state index >= 15 is 0 Å². The molecule has 0 aromatic carbocycles. The molecular formula is C11H23NO2. The van der Waals surface area contributed by atoms with E-state index in [4.69, 9.17) is 9.47 Å². The van der Waals surface area contributed by atoms with Crippen molar-refractivity contribution in [3.63, 3.8) is 0 Å².